The molecule has 2 rings (SSSR count). The minimum absolute atomic E-state index is 0.147. The van der Waals surface area contributed by atoms with Gasteiger partial charge >= 0.3 is 13.8 Å². The van der Waals surface area contributed by atoms with E-state index >= 15 is 0 Å². The Balaban J connectivity index is 2.27. The summed E-state index contributed by atoms with van der Waals surface area (Å²) in [7, 11) is -1.56. The summed E-state index contributed by atoms with van der Waals surface area (Å²) in [5.74, 6) is -2.25. The van der Waals surface area contributed by atoms with E-state index in [-0.39, 0.29) is 18.8 Å². The molecule has 0 spiro atoms. The van der Waals surface area contributed by atoms with Crippen LogP contribution in [-0.4, -0.2) is 78.8 Å². The first-order chi connectivity index (χ1) is 14.6. The first-order valence-electron chi connectivity index (χ1n) is 8.54. The number of halogens is 1. The van der Waals surface area contributed by atoms with Crippen LogP contribution in [0.5, 0.6) is 0 Å². The fourth-order valence-electron chi connectivity index (χ4n) is 2.80. The van der Waals surface area contributed by atoms with Gasteiger partial charge in [0.15, 0.2) is 5.50 Å². The van der Waals surface area contributed by atoms with Gasteiger partial charge in [0.05, 0.1) is 20.1 Å². The average molecular weight is 501 g/mol. The smallest absolute Gasteiger partial charge is 0.369 e. The maximum Gasteiger partial charge on any atom is 0.435 e. The van der Waals surface area contributed by atoms with Crippen LogP contribution in [0.15, 0.2) is 15.6 Å². The maximum absolute atomic E-state index is 12.8. The molecule has 4 N–H and O–H groups in total. The second kappa shape index (κ2) is 10.5. The summed E-state index contributed by atoms with van der Waals surface area (Å²) in [6.07, 6.45) is -0.242. The number of primary amides is 1. The highest BCUT2D eigenvalue weighted by molar-refractivity contribution is 7.91. The van der Waals surface area contributed by atoms with Crippen molar-refractivity contribution in [3.8, 4) is 0 Å². The van der Waals surface area contributed by atoms with E-state index in [0.717, 1.165) is 19.1 Å². The third-order valence-corrected chi connectivity index (χ3v) is 7.50. The second-order valence-corrected chi connectivity index (χ2v) is 9.80. The summed E-state index contributed by atoms with van der Waals surface area (Å²) >= 11 is 5.57. The molecule has 174 valence electrons. The lowest BCUT2D eigenvalue weighted by atomic mass is 10.1. The van der Waals surface area contributed by atoms with Crippen LogP contribution in [0.3, 0.4) is 0 Å². The third kappa shape index (κ3) is 5.61. The maximum atomic E-state index is 12.8. The van der Waals surface area contributed by atoms with Crippen molar-refractivity contribution in [1.29, 1.82) is 0 Å². The largest absolute Gasteiger partial charge is 0.435 e. The van der Waals surface area contributed by atoms with Crippen LogP contribution in [0.4, 0.5) is 4.79 Å². The molecule has 0 aromatic carbocycles. The highest BCUT2D eigenvalue weighted by atomic mass is 35.5. The Morgan fingerprint density at radius 1 is 1.35 bits per heavy atom. The molecular formula is C14H22ClN6O8PS. The van der Waals surface area contributed by atoms with Gasteiger partial charge < -0.3 is 16.0 Å². The first kappa shape index (κ1) is 25.2. The molecule has 2 heterocycles. The number of carbonyl (C=O) groups excluding carboxylic acids is 4. The molecule has 17 heteroatoms. The minimum atomic E-state index is -3.91. The molecule has 0 radical (unpaired) electrons. The Morgan fingerprint density at radius 2 is 2.00 bits per heavy atom. The topological polar surface area (TPSA) is 182 Å². The Labute approximate surface area is 185 Å². The van der Waals surface area contributed by atoms with E-state index < -0.39 is 53.7 Å². The van der Waals surface area contributed by atoms with Crippen LogP contribution in [0.1, 0.15) is 6.42 Å². The van der Waals surface area contributed by atoms with Crippen molar-refractivity contribution in [2.75, 3.05) is 33.8 Å². The lowest BCUT2D eigenvalue weighted by Gasteiger charge is -2.45. The molecule has 0 saturated carbocycles. The van der Waals surface area contributed by atoms with E-state index in [0.29, 0.717) is 5.70 Å². The van der Waals surface area contributed by atoms with Gasteiger partial charge in [-0.1, -0.05) is 0 Å². The van der Waals surface area contributed by atoms with Crippen molar-refractivity contribution in [2.45, 2.75) is 18.0 Å². The Hall–Kier alpha value is -2.03. The molecule has 2 aliphatic rings. The minimum Gasteiger partial charge on any atom is -0.369 e. The van der Waals surface area contributed by atoms with Gasteiger partial charge in [0.25, 0.3) is 5.91 Å². The van der Waals surface area contributed by atoms with E-state index in [1.807, 2.05) is 5.09 Å². The summed E-state index contributed by atoms with van der Waals surface area (Å²) < 4.78 is 25.2. The highest BCUT2D eigenvalue weighted by Crippen LogP contribution is 2.42. The number of carbonyl (C=O) groups is 4. The van der Waals surface area contributed by atoms with Gasteiger partial charge in [0.1, 0.15) is 11.9 Å². The lowest BCUT2D eigenvalue weighted by molar-refractivity contribution is -0.145. The molecule has 3 atom stereocenters. The number of rotatable bonds is 9. The predicted octanol–water partition coefficient (Wildman–Crippen LogP) is -0.658. The fraction of sp³-hybridized carbons (Fsp3) is 0.571. The molecule has 0 bridgehead atoms. The zero-order valence-corrected chi connectivity index (χ0v) is 19.2. The van der Waals surface area contributed by atoms with Crippen molar-refractivity contribution in [3.63, 3.8) is 0 Å². The summed E-state index contributed by atoms with van der Waals surface area (Å²) in [5, 5.41) is 6.18. The SMILES string of the molecule is CO/N=S1/C=C(CC(N)=O)N(C2CN(C(=O)NP(=O)(OC)OC)C2=O)C1NC(=O)CCl. The van der Waals surface area contributed by atoms with Gasteiger partial charge in [-0.05, 0) is 0 Å². The zero-order chi connectivity index (χ0) is 23.3. The molecule has 0 aromatic heterocycles. The van der Waals surface area contributed by atoms with Crippen LogP contribution in [0.2, 0.25) is 0 Å². The molecule has 3 unspecified atom stereocenters. The van der Waals surface area contributed by atoms with Crippen molar-refractivity contribution >= 4 is 53.8 Å². The number of hydrogen-bond acceptors (Lipinski definition) is 10. The van der Waals surface area contributed by atoms with Crippen LogP contribution in [0.25, 0.3) is 0 Å². The molecule has 31 heavy (non-hydrogen) atoms. The van der Waals surface area contributed by atoms with Crippen molar-refractivity contribution in [2.24, 2.45) is 10.3 Å². The van der Waals surface area contributed by atoms with Gasteiger partial charge in [-0.3, -0.25) is 28.3 Å². The van der Waals surface area contributed by atoms with Crippen molar-refractivity contribution < 1.29 is 37.6 Å². The highest BCUT2D eigenvalue weighted by Gasteiger charge is 2.50. The van der Waals surface area contributed by atoms with Crippen LogP contribution >= 0.6 is 19.3 Å². The Kier molecular flexibility index (Phi) is 8.57. The summed E-state index contributed by atoms with van der Waals surface area (Å²) in [5.41, 5.74) is 4.75. The molecule has 2 aliphatic heterocycles. The number of nitrogens with one attached hydrogen (secondary N) is 2. The fourth-order valence-corrected chi connectivity index (χ4v) is 5.24. The average Bonchev–Trinajstić information content (AvgIpc) is 3.02. The molecule has 14 nitrogen and oxygen atoms in total. The number of amides is 5. The summed E-state index contributed by atoms with van der Waals surface area (Å²) in [6, 6.07) is -1.93. The summed E-state index contributed by atoms with van der Waals surface area (Å²) in [4.78, 5) is 55.5. The van der Waals surface area contributed by atoms with E-state index in [2.05, 4.69) is 18.9 Å². The summed E-state index contributed by atoms with van der Waals surface area (Å²) in [6.45, 7) is -0.147. The van der Waals surface area contributed by atoms with E-state index in [1.165, 1.54) is 12.0 Å². The lowest BCUT2D eigenvalue weighted by Crippen LogP contribution is -2.69. The van der Waals surface area contributed by atoms with E-state index in [1.54, 1.807) is 5.41 Å². The van der Waals surface area contributed by atoms with Crippen LogP contribution in [-0.2, 0) is 43.5 Å². The number of alkyl halides is 1. The molecular weight excluding hydrogens is 479 g/mol. The van der Waals surface area contributed by atoms with Crippen LogP contribution in [0, 0.1) is 0 Å². The standard InChI is InChI=1S/C14H22ClN6O8PS/c1-27-19-31-7-8(4-10(16)22)21(14(31)17-11(23)5-15)9-6-20(12(9)24)13(25)18-30(26,28-2)29-3/h7,9,14H,4-6H2,1-3H3,(H2,16,22)(H,17,23)(H,18,25,26). The van der Waals surface area contributed by atoms with Gasteiger partial charge in [0, 0.05) is 36.0 Å². The normalized spacial score (nSPS) is 23.4. The molecule has 1 fully saturated rings. The van der Waals surface area contributed by atoms with E-state index in [9.17, 15) is 23.7 Å². The third-order valence-electron chi connectivity index (χ3n) is 4.19. The van der Waals surface area contributed by atoms with Crippen molar-refractivity contribution in [3.05, 3.63) is 11.1 Å². The van der Waals surface area contributed by atoms with E-state index in [4.69, 9.17) is 22.2 Å². The number of likely N-dealkylation sites (tertiary alicyclic amines) is 1. The number of β-lactam (4-membered cyclic amide) rings is 1. The zero-order valence-electron chi connectivity index (χ0n) is 16.8. The molecule has 0 aliphatic carbocycles. The first-order valence-corrected chi connectivity index (χ1v) is 11.9. The number of imide groups is 1. The Bertz CT molecular complexity index is 877. The Morgan fingerprint density at radius 3 is 2.48 bits per heavy atom. The number of hydrogen-bond donors (Lipinski definition) is 3. The number of nitrogens with zero attached hydrogens (tertiary/aromatic N) is 3. The number of nitrogens with two attached hydrogens (primary N) is 1. The predicted molar refractivity (Wildman–Crippen MR) is 109 cm³/mol. The second-order valence-electron chi connectivity index (χ2n) is 6.06. The van der Waals surface area contributed by atoms with Crippen molar-refractivity contribution in [1.82, 2.24) is 20.2 Å². The monoisotopic (exact) mass is 500 g/mol. The van der Waals surface area contributed by atoms with Gasteiger partial charge in [-0.2, -0.15) is 0 Å². The quantitative estimate of drug-likeness (QED) is 0.160. The van der Waals surface area contributed by atoms with Crippen LogP contribution < -0.4 is 16.1 Å². The van der Waals surface area contributed by atoms with Gasteiger partial charge in [0.2, 0.25) is 11.8 Å². The van der Waals surface area contributed by atoms with Gasteiger partial charge in [-0.25, -0.2) is 19.3 Å². The molecule has 0 aromatic rings. The molecule has 5 amide bonds. The molecule has 1 saturated heterocycles. The number of urea groups is 1. The van der Waals surface area contributed by atoms with Gasteiger partial charge in [-0.15, -0.1) is 16.1 Å².